The summed E-state index contributed by atoms with van der Waals surface area (Å²) in [4.78, 5) is 35.6. The van der Waals surface area contributed by atoms with Crippen molar-refractivity contribution in [2.45, 2.75) is 6.54 Å². The van der Waals surface area contributed by atoms with Crippen LogP contribution in [-0.4, -0.2) is 23.8 Å². The van der Waals surface area contributed by atoms with E-state index in [2.05, 4.69) is 10.6 Å². The first-order valence-corrected chi connectivity index (χ1v) is 9.04. The van der Waals surface area contributed by atoms with E-state index in [1.165, 1.54) is 24.3 Å². The summed E-state index contributed by atoms with van der Waals surface area (Å²) in [6.07, 6.45) is 0. The zero-order chi connectivity index (χ0) is 21.5. The quantitative estimate of drug-likeness (QED) is 0.459. The molecule has 0 unspecified atom stereocenters. The van der Waals surface area contributed by atoms with Crippen molar-refractivity contribution in [2.75, 3.05) is 12.4 Å². The Balaban J connectivity index is 1.75. The molecular formula is C22H19N3O5. The Hall–Kier alpha value is -4.20. The molecule has 0 aliphatic heterocycles. The number of carbonyl (C=O) groups is 2. The molecule has 0 spiro atoms. The van der Waals surface area contributed by atoms with E-state index < -0.39 is 10.8 Å². The molecule has 8 heteroatoms. The summed E-state index contributed by atoms with van der Waals surface area (Å²) in [5.74, 6) is -0.274. The van der Waals surface area contributed by atoms with Gasteiger partial charge in [-0.05, 0) is 24.3 Å². The normalized spacial score (nSPS) is 10.2. The number of carbonyl (C=O) groups excluding carboxylic acids is 2. The van der Waals surface area contributed by atoms with Crippen LogP contribution in [0.15, 0.2) is 72.8 Å². The second-order valence-corrected chi connectivity index (χ2v) is 6.30. The summed E-state index contributed by atoms with van der Waals surface area (Å²) >= 11 is 0. The zero-order valence-corrected chi connectivity index (χ0v) is 16.1. The number of non-ortho nitro benzene ring substituents is 1. The summed E-state index contributed by atoms with van der Waals surface area (Å²) in [6, 6.07) is 19.2. The topological polar surface area (TPSA) is 111 Å². The van der Waals surface area contributed by atoms with Crippen molar-refractivity contribution >= 4 is 23.2 Å². The highest BCUT2D eigenvalue weighted by Crippen LogP contribution is 2.20. The van der Waals surface area contributed by atoms with Gasteiger partial charge in [-0.3, -0.25) is 19.7 Å². The second kappa shape index (κ2) is 9.33. The third-order valence-electron chi connectivity index (χ3n) is 4.37. The van der Waals surface area contributed by atoms with Gasteiger partial charge in [-0.1, -0.05) is 36.4 Å². The number of methoxy groups -OCH3 is 1. The molecule has 0 aliphatic rings. The predicted octanol–water partition coefficient (Wildman–Crippen LogP) is 3.79. The van der Waals surface area contributed by atoms with Gasteiger partial charge in [-0.15, -0.1) is 0 Å². The first-order chi connectivity index (χ1) is 14.5. The van der Waals surface area contributed by atoms with Crippen LogP contribution in [0.1, 0.15) is 26.3 Å². The van der Waals surface area contributed by atoms with Crippen LogP contribution >= 0.6 is 0 Å². The SMILES string of the molecule is COc1ccccc1CNC(=O)c1ccccc1NC(=O)c1cccc([N+](=O)[O-])c1. The van der Waals surface area contributed by atoms with Gasteiger partial charge >= 0.3 is 0 Å². The largest absolute Gasteiger partial charge is 0.496 e. The van der Waals surface area contributed by atoms with Crippen molar-refractivity contribution in [3.05, 3.63) is 99.6 Å². The summed E-state index contributed by atoms with van der Waals surface area (Å²) in [7, 11) is 1.55. The number of nitrogens with one attached hydrogen (secondary N) is 2. The highest BCUT2D eigenvalue weighted by molar-refractivity contribution is 6.09. The van der Waals surface area contributed by atoms with Crippen molar-refractivity contribution < 1.29 is 19.2 Å². The lowest BCUT2D eigenvalue weighted by molar-refractivity contribution is -0.384. The second-order valence-electron chi connectivity index (χ2n) is 6.30. The molecule has 3 aromatic rings. The summed E-state index contributed by atoms with van der Waals surface area (Å²) in [6.45, 7) is 0.246. The Labute approximate surface area is 172 Å². The van der Waals surface area contributed by atoms with E-state index in [9.17, 15) is 19.7 Å². The number of nitro benzene ring substituents is 1. The average Bonchev–Trinajstić information content (AvgIpc) is 2.78. The molecule has 2 amide bonds. The van der Waals surface area contributed by atoms with Crippen LogP contribution < -0.4 is 15.4 Å². The molecule has 0 heterocycles. The number of nitrogens with zero attached hydrogens (tertiary/aromatic N) is 1. The molecule has 0 saturated heterocycles. The average molecular weight is 405 g/mol. The Morgan fingerprint density at radius 3 is 2.47 bits per heavy atom. The maximum absolute atomic E-state index is 12.7. The summed E-state index contributed by atoms with van der Waals surface area (Å²) < 4.78 is 5.28. The molecule has 2 N–H and O–H groups in total. The van der Waals surface area contributed by atoms with E-state index in [0.29, 0.717) is 11.4 Å². The van der Waals surface area contributed by atoms with Gasteiger partial charge in [-0.2, -0.15) is 0 Å². The van der Waals surface area contributed by atoms with Gasteiger partial charge in [-0.25, -0.2) is 0 Å². The molecule has 152 valence electrons. The van der Waals surface area contributed by atoms with E-state index >= 15 is 0 Å². The van der Waals surface area contributed by atoms with Crippen LogP contribution in [0.25, 0.3) is 0 Å². The molecule has 8 nitrogen and oxygen atoms in total. The predicted molar refractivity (Wildman–Crippen MR) is 112 cm³/mol. The number of rotatable bonds is 7. The number of hydrogen-bond donors (Lipinski definition) is 2. The van der Waals surface area contributed by atoms with Gasteiger partial charge in [0, 0.05) is 29.8 Å². The van der Waals surface area contributed by atoms with Gasteiger partial charge in [0.25, 0.3) is 17.5 Å². The first kappa shape index (κ1) is 20.5. The number of amides is 2. The van der Waals surface area contributed by atoms with Crippen LogP contribution in [-0.2, 0) is 6.54 Å². The van der Waals surface area contributed by atoms with Crippen LogP contribution in [0.4, 0.5) is 11.4 Å². The van der Waals surface area contributed by atoms with Crippen LogP contribution in [0.2, 0.25) is 0 Å². The minimum Gasteiger partial charge on any atom is -0.496 e. The van der Waals surface area contributed by atoms with Crippen molar-refractivity contribution in [3.63, 3.8) is 0 Å². The van der Waals surface area contributed by atoms with Crippen LogP contribution in [0, 0.1) is 10.1 Å². The van der Waals surface area contributed by atoms with E-state index in [-0.39, 0.29) is 29.3 Å². The molecular weight excluding hydrogens is 386 g/mol. The monoisotopic (exact) mass is 405 g/mol. The maximum atomic E-state index is 12.7. The highest BCUT2D eigenvalue weighted by Gasteiger charge is 2.16. The molecule has 0 radical (unpaired) electrons. The van der Waals surface area contributed by atoms with Crippen LogP contribution in [0.5, 0.6) is 5.75 Å². The minimum absolute atomic E-state index is 0.119. The van der Waals surface area contributed by atoms with Crippen molar-refractivity contribution in [3.8, 4) is 5.75 Å². The van der Waals surface area contributed by atoms with Crippen molar-refractivity contribution in [1.82, 2.24) is 5.32 Å². The van der Waals surface area contributed by atoms with Gasteiger partial charge in [0.1, 0.15) is 5.75 Å². The third kappa shape index (κ3) is 4.79. The minimum atomic E-state index is -0.573. The third-order valence-corrected chi connectivity index (χ3v) is 4.37. The number of benzene rings is 3. The lowest BCUT2D eigenvalue weighted by Gasteiger charge is -2.13. The van der Waals surface area contributed by atoms with Gasteiger partial charge in [0.05, 0.1) is 23.3 Å². The summed E-state index contributed by atoms with van der Waals surface area (Å²) in [5, 5.41) is 16.4. The molecule has 0 saturated carbocycles. The van der Waals surface area contributed by atoms with Gasteiger partial charge < -0.3 is 15.4 Å². The van der Waals surface area contributed by atoms with E-state index in [1.807, 2.05) is 18.2 Å². The molecule has 0 aromatic heterocycles. The number of hydrogen-bond acceptors (Lipinski definition) is 5. The lowest BCUT2D eigenvalue weighted by Crippen LogP contribution is -2.25. The highest BCUT2D eigenvalue weighted by atomic mass is 16.6. The van der Waals surface area contributed by atoms with E-state index in [4.69, 9.17) is 4.74 Å². The number of para-hydroxylation sites is 2. The zero-order valence-electron chi connectivity index (χ0n) is 16.1. The van der Waals surface area contributed by atoms with E-state index in [0.717, 1.165) is 5.56 Å². The number of ether oxygens (including phenoxy) is 1. The van der Waals surface area contributed by atoms with E-state index in [1.54, 1.807) is 37.4 Å². The Kier molecular flexibility index (Phi) is 6.39. The summed E-state index contributed by atoms with van der Waals surface area (Å²) in [5.41, 5.74) is 1.31. The fourth-order valence-electron chi connectivity index (χ4n) is 2.87. The molecule has 3 aromatic carbocycles. The molecule has 3 rings (SSSR count). The number of anilines is 1. The van der Waals surface area contributed by atoms with Crippen molar-refractivity contribution in [1.29, 1.82) is 0 Å². The lowest BCUT2D eigenvalue weighted by atomic mass is 10.1. The van der Waals surface area contributed by atoms with Crippen molar-refractivity contribution in [2.24, 2.45) is 0 Å². The molecule has 0 atom stereocenters. The van der Waals surface area contributed by atoms with Gasteiger partial charge in [0.15, 0.2) is 0 Å². The maximum Gasteiger partial charge on any atom is 0.270 e. The Bertz CT molecular complexity index is 1100. The molecule has 0 bridgehead atoms. The molecule has 0 fully saturated rings. The van der Waals surface area contributed by atoms with Crippen LogP contribution in [0.3, 0.4) is 0 Å². The Morgan fingerprint density at radius 2 is 1.70 bits per heavy atom. The standard InChI is InChI=1S/C22H19N3O5/c1-30-20-12-5-2-7-16(20)14-23-22(27)18-10-3-4-11-19(18)24-21(26)15-8-6-9-17(13-15)25(28)29/h2-13H,14H2,1H3,(H,23,27)(H,24,26). The fraction of sp³-hybridized carbons (Fsp3) is 0.0909. The number of nitro groups is 1. The first-order valence-electron chi connectivity index (χ1n) is 9.04. The Morgan fingerprint density at radius 1 is 0.967 bits per heavy atom. The fourth-order valence-corrected chi connectivity index (χ4v) is 2.87. The van der Waals surface area contributed by atoms with Gasteiger partial charge in [0.2, 0.25) is 0 Å². The smallest absolute Gasteiger partial charge is 0.270 e. The molecule has 0 aliphatic carbocycles. The molecule has 30 heavy (non-hydrogen) atoms.